The van der Waals surface area contributed by atoms with Gasteiger partial charge in [0.05, 0.1) is 16.8 Å². The molecule has 2 heterocycles. The van der Waals surface area contributed by atoms with E-state index in [1.165, 1.54) is 0 Å². The zero-order valence-corrected chi connectivity index (χ0v) is 11.6. The van der Waals surface area contributed by atoms with Gasteiger partial charge < -0.3 is 15.0 Å². The number of piperazine rings is 1. The van der Waals surface area contributed by atoms with E-state index in [1.807, 2.05) is 12.1 Å². The largest absolute Gasteiger partial charge is 0.494 e. The van der Waals surface area contributed by atoms with Gasteiger partial charge in [0.2, 0.25) is 0 Å². The molecule has 1 fully saturated rings. The second kappa shape index (κ2) is 4.91. The van der Waals surface area contributed by atoms with E-state index in [0.717, 1.165) is 52.3 Å². The van der Waals surface area contributed by atoms with Crippen LogP contribution in [0.2, 0.25) is 5.02 Å². The molecule has 96 valence electrons. The predicted octanol–water partition coefficient (Wildman–Crippen LogP) is 2.37. The van der Waals surface area contributed by atoms with Gasteiger partial charge in [0.25, 0.3) is 0 Å². The summed E-state index contributed by atoms with van der Waals surface area (Å²) in [6.07, 6.45) is 0. The number of aromatic nitrogens is 1. The monoisotopic (exact) mass is 283 g/mol. The zero-order chi connectivity index (χ0) is 12.5. The Morgan fingerprint density at radius 2 is 2.17 bits per heavy atom. The molecule has 0 atom stereocenters. The van der Waals surface area contributed by atoms with Crippen molar-refractivity contribution >= 4 is 38.3 Å². The SMILES string of the molecule is COc1ccc(Cl)c2sc(N3CCNCC3)nc12. The number of benzene rings is 1. The van der Waals surface area contributed by atoms with Gasteiger partial charge in [-0.15, -0.1) is 0 Å². The molecule has 1 aliphatic heterocycles. The van der Waals surface area contributed by atoms with E-state index in [2.05, 4.69) is 15.2 Å². The average Bonchev–Trinajstić information content (AvgIpc) is 2.86. The van der Waals surface area contributed by atoms with Gasteiger partial charge in [0, 0.05) is 26.2 Å². The highest BCUT2D eigenvalue weighted by Crippen LogP contribution is 2.38. The first-order chi connectivity index (χ1) is 8.79. The summed E-state index contributed by atoms with van der Waals surface area (Å²) in [5.74, 6) is 0.784. The lowest BCUT2D eigenvalue weighted by molar-refractivity contribution is 0.419. The molecule has 0 spiro atoms. The Hall–Kier alpha value is -1.04. The van der Waals surface area contributed by atoms with Crippen molar-refractivity contribution in [3.8, 4) is 5.75 Å². The molecule has 0 amide bonds. The second-order valence-electron chi connectivity index (χ2n) is 4.16. The van der Waals surface area contributed by atoms with Crippen LogP contribution in [0.5, 0.6) is 5.75 Å². The molecule has 1 saturated heterocycles. The van der Waals surface area contributed by atoms with E-state index >= 15 is 0 Å². The molecule has 2 aromatic rings. The van der Waals surface area contributed by atoms with E-state index < -0.39 is 0 Å². The van der Waals surface area contributed by atoms with Crippen LogP contribution in [0.15, 0.2) is 12.1 Å². The normalized spacial score (nSPS) is 16.2. The first kappa shape index (κ1) is 12.0. The van der Waals surface area contributed by atoms with Crippen molar-refractivity contribution in [1.82, 2.24) is 10.3 Å². The number of fused-ring (bicyclic) bond motifs is 1. The number of halogens is 1. The fourth-order valence-electron chi connectivity index (χ4n) is 2.10. The first-order valence-electron chi connectivity index (χ1n) is 5.88. The minimum absolute atomic E-state index is 0.740. The number of hydrogen-bond acceptors (Lipinski definition) is 5. The van der Waals surface area contributed by atoms with E-state index in [-0.39, 0.29) is 0 Å². The number of ether oxygens (including phenoxy) is 1. The topological polar surface area (TPSA) is 37.4 Å². The molecule has 4 nitrogen and oxygen atoms in total. The average molecular weight is 284 g/mol. The van der Waals surface area contributed by atoms with Crippen LogP contribution in [0, 0.1) is 0 Å². The van der Waals surface area contributed by atoms with E-state index in [4.69, 9.17) is 16.3 Å². The quantitative estimate of drug-likeness (QED) is 0.918. The molecule has 0 saturated carbocycles. The van der Waals surface area contributed by atoms with E-state index in [1.54, 1.807) is 18.4 Å². The maximum absolute atomic E-state index is 6.22. The van der Waals surface area contributed by atoms with Crippen molar-refractivity contribution in [1.29, 1.82) is 0 Å². The lowest BCUT2D eigenvalue weighted by atomic mass is 10.3. The Labute approximate surface area is 115 Å². The van der Waals surface area contributed by atoms with Crippen LogP contribution >= 0.6 is 22.9 Å². The molecular weight excluding hydrogens is 270 g/mol. The molecule has 0 bridgehead atoms. The number of nitrogens with zero attached hydrogens (tertiary/aromatic N) is 2. The molecule has 1 N–H and O–H groups in total. The summed E-state index contributed by atoms with van der Waals surface area (Å²) in [4.78, 5) is 6.96. The molecule has 1 aliphatic rings. The lowest BCUT2D eigenvalue weighted by Gasteiger charge is -2.26. The molecule has 6 heteroatoms. The summed E-state index contributed by atoms with van der Waals surface area (Å²) < 4.78 is 6.34. The molecule has 1 aromatic carbocycles. The van der Waals surface area contributed by atoms with Gasteiger partial charge in [-0.05, 0) is 12.1 Å². The Morgan fingerprint density at radius 1 is 1.39 bits per heavy atom. The molecule has 18 heavy (non-hydrogen) atoms. The lowest BCUT2D eigenvalue weighted by Crippen LogP contribution is -2.43. The number of thiazole rings is 1. The van der Waals surface area contributed by atoms with E-state index in [0.29, 0.717) is 0 Å². The van der Waals surface area contributed by atoms with Crippen LogP contribution in [0.1, 0.15) is 0 Å². The van der Waals surface area contributed by atoms with Crippen molar-refractivity contribution in [2.75, 3.05) is 38.2 Å². The van der Waals surface area contributed by atoms with Gasteiger partial charge in [-0.3, -0.25) is 0 Å². The number of anilines is 1. The van der Waals surface area contributed by atoms with Gasteiger partial charge in [-0.2, -0.15) is 0 Å². The van der Waals surface area contributed by atoms with Crippen molar-refractivity contribution in [2.45, 2.75) is 0 Å². The van der Waals surface area contributed by atoms with E-state index in [9.17, 15) is 0 Å². The maximum Gasteiger partial charge on any atom is 0.186 e. The minimum atomic E-state index is 0.740. The summed E-state index contributed by atoms with van der Waals surface area (Å²) >= 11 is 7.86. The van der Waals surface area contributed by atoms with Crippen LogP contribution in [0.3, 0.4) is 0 Å². The Morgan fingerprint density at radius 3 is 2.89 bits per heavy atom. The maximum atomic E-state index is 6.22. The van der Waals surface area contributed by atoms with Crippen LogP contribution in [0.25, 0.3) is 10.2 Å². The second-order valence-corrected chi connectivity index (χ2v) is 5.55. The third-order valence-electron chi connectivity index (χ3n) is 3.05. The van der Waals surface area contributed by atoms with Gasteiger partial charge in [0.1, 0.15) is 11.3 Å². The van der Waals surface area contributed by atoms with Crippen LogP contribution in [0.4, 0.5) is 5.13 Å². The molecule has 0 radical (unpaired) electrons. The van der Waals surface area contributed by atoms with Gasteiger partial charge in [0.15, 0.2) is 5.13 Å². The summed E-state index contributed by atoms with van der Waals surface area (Å²) in [7, 11) is 1.66. The standard InChI is InChI=1S/C12H14ClN3OS/c1-17-9-3-2-8(13)11-10(9)15-12(18-11)16-6-4-14-5-7-16/h2-3,14H,4-7H2,1H3. The predicted molar refractivity (Wildman–Crippen MR) is 76.3 cm³/mol. The highest BCUT2D eigenvalue weighted by atomic mass is 35.5. The highest BCUT2D eigenvalue weighted by molar-refractivity contribution is 7.22. The van der Waals surface area contributed by atoms with Crippen molar-refractivity contribution in [3.63, 3.8) is 0 Å². The smallest absolute Gasteiger partial charge is 0.186 e. The van der Waals surface area contributed by atoms with Crippen molar-refractivity contribution in [3.05, 3.63) is 17.2 Å². The number of rotatable bonds is 2. The van der Waals surface area contributed by atoms with Gasteiger partial charge in [-0.25, -0.2) is 4.98 Å². The highest BCUT2D eigenvalue weighted by Gasteiger charge is 2.17. The Kier molecular flexibility index (Phi) is 3.28. The van der Waals surface area contributed by atoms with Crippen LogP contribution < -0.4 is 15.0 Å². The number of methoxy groups -OCH3 is 1. The Balaban J connectivity index is 2.06. The van der Waals surface area contributed by atoms with Crippen molar-refractivity contribution in [2.24, 2.45) is 0 Å². The van der Waals surface area contributed by atoms with Crippen LogP contribution in [-0.4, -0.2) is 38.3 Å². The molecule has 3 rings (SSSR count). The molecule has 0 aliphatic carbocycles. The Bertz CT molecular complexity index is 566. The fraction of sp³-hybridized carbons (Fsp3) is 0.417. The molecule has 0 unspecified atom stereocenters. The van der Waals surface area contributed by atoms with Crippen LogP contribution in [-0.2, 0) is 0 Å². The minimum Gasteiger partial charge on any atom is -0.494 e. The third kappa shape index (κ3) is 2.02. The van der Waals surface area contributed by atoms with Crippen molar-refractivity contribution < 1.29 is 4.74 Å². The molecule has 1 aromatic heterocycles. The first-order valence-corrected chi connectivity index (χ1v) is 7.08. The number of nitrogens with one attached hydrogen (secondary N) is 1. The van der Waals surface area contributed by atoms with Gasteiger partial charge in [-0.1, -0.05) is 22.9 Å². The summed E-state index contributed by atoms with van der Waals surface area (Å²) in [6, 6.07) is 3.73. The van der Waals surface area contributed by atoms with Gasteiger partial charge >= 0.3 is 0 Å². The fourth-order valence-corrected chi connectivity index (χ4v) is 3.41. The summed E-state index contributed by atoms with van der Waals surface area (Å²) in [5.41, 5.74) is 0.864. The number of hydrogen-bond donors (Lipinski definition) is 1. The zero-order valence-electron chi connectivity index (χ0n) is 10.1. The third-order valence-corrected chi connectivity index (χ3v) is 4.63. The summed E-state index contributed by atoms with van der Waals surface area (Å²) in [6.45, 7) is 3.97. The molecular formula is C12H14ClN3OS. The summed E-state index contributed by atoms with van der Waals surface area (Å²) in [5, 5.41) is 5.10.